The van der Waals surface area contributed by atoms with Crippen LogP contribution in [-0.2, 0) is 4.74 Å². The normalized spacial score (nSPS) is 10.7. The number of nitrogens with one attached hydrogen (secondary N) is 1. The summed E-state index contributed by atoms with van der Waals surface area (Å²) >= 11 is 0. The van der Waals surface area contributed by atoms with Crippen LogP contribution >= 0.6 is 0 Å². The van der Waals surface area contributed by atoms with Gasteiger partial charge in [0.05, 0.1) is 30.5 Å². The molecule has 3 aromatic rings. The van der Waals surface area contributed by atoms with E-state index in [9.17, 15) is 5.11 Å². The third kappa shape index (κ3) is 5.97. The third-order valence-electron chi connectivity index (χ3n) is 4.73. The first-order chi connectivity index (χ1) is 15.0. The summed E-state index contributed by atoms with van der Waals surface area (Å²) in [5.74, 6) is 1.46. The highest BCUT2D eigenvalue weighted by Gasteiger charge is 2.12. The van der Waals surface area contributed by atoms with Crippen molar-refractivity contribution in [2.24, 2.45) is 0 Å². The second kappa shape index (κ2) is 10.5. The van der Waals surface area contributed by atoms with Crippen molar-refractivity contribution in [2.75, 3.05) is 25.6 Å². The Bertz CT molecular complexity index is 1060. The summed E-state index contributed by atoms with van der Waals surface area (Å²) in [7, 11) is 1.59. The Morgan fingerprint density at radius 3 is 2.52 bits per heavy atom. The Kier molecular flexibility index (Phi) is 7.47. The van der Waals surface area contributed by atoms with E-state index in [1.807, 2.05) is 38.1 Å². The van der Waals surface area contributed by atoms with Crippen molar-refractivity contribution >= 4 is 5.82 Å². The maximum atomic E-state index is 10.4. The Hall–Kier alpha value is -3.56. The number of hydrogen-bond donors (Lipinski definition) is 2. The Balaban J connectivity index is 1.94. The minimum absolute atomic E-state index is 0.126. The number of phenols is 1. The lowest BCUT2D eigenvalue weighted by Gasteiger charge is -2.13. The van der Waals surface area contributed by atoms with E-state index >= 15 is 0 Å². The molecule has 6 heteroatoms. The lowest BCUT2D eigenvalue weighted by atomic mass is 10.0. The molecule has 0 aliphatic rings. The number of benzene rings is 2. The predicted octanol–water partition coefficient (Wildman–Crippen LogP) is 5.23. The van der Waals surface area contributed by atoms with E-state index in [4.69, 9.17) is 19.7 Å². The quantitative estimate of drug-likeness (QED) is 0.464. The van der Waals surface area contributed by atoms with E-state index in [0.717, 1.165) is 17.5 Å². The molecule has 3 rings (SSSR count). The number of ether oxygens (including phenoxy) is 2. The number of nitrogens with zero attached hydrogens (tertiary/aromatic N) is 2. The second-order valence-corrected chi connectivity index (χ2v) is 7.40. The van der Waals surface area contributed by atoms with Crippen molar-refractivity contribution in [3.05, 3.63) is 60.2 Å². The lowest BCUT2D eigenvalue weighted by Crippen LogP contribution is -2.10. The Morgan fingerprint density at radius 1 is 1.06 bits per heavy atom. The zero-order valence-electron chi connectivity index (χ0n) is 18.1. The summed E-state index contributed by atoms with van der Waals surface area (Å²) < 4.78 is 10.9. The zero-order chi connectivity index (χ0) is 22.2. The zero-order valence-corrected chi connectivity index (χ0v) is 18.1. The monoisotopic (exact) mass is 417 g/mol. The second-order valence-electron chi connectivity index (χ2n) is 7.40. The van der Waals surface area contributed by atoms with Crippen molar-refractivity contribution < 1.29 is 14.6 Å². The molecule has 0 spiro atoms. The van der Waals surface area contributed by atoms with Crippen LogP contribution in [0.15, 0.2) is 54.6 Å². The van der Waals surface area contributed by atoms with Crippen LogP contribution in [0.1, 0.15) is 25.8 Å². The fourth-order valence-corrected chi connectivity index (χ4v) is 3.12. The summed E-state index contributed by atoms with van der Waals surface area (Å²) in [5.41, 5.74) is 3.70. The third-order valence-corrected chi connectivity index (χ3v) is 4.73. The smallest absolute Gasteiger partial charge is 0.127 e. The summed E-state index contributed by atoms with van der Waals surface area (Å²) in [6.07, 6.45) is 1.06. The van der Waals surface area contributed by atoms with E-state index in [-0.39, 0.29) is 11.9 Å². The van der Waals surface area contributed by atoms with Crippen molar-refractivity contribution in [3.8, 4) is 40.0 Å². The van der Waals surface area contributed by atoms with Crippen LogP contribution in [0, 0.1) is 11.3 Å². The van der Waals surface area contributed by atoms with Gasteiger partial charge in [0.15, 0.2) is 0 Å². The summed E-state index contributed by atoms with van der Waals surface area (Å²) in [6.45, 7) is 5.41. The first kappa shape index (κ1) is 22.1. The van der Waals surface area contributed by atoms with Gasteiger partial charge >= 0.3 is 0 Å². The Morgan fingerprint density at radius 2 is 1.84 bits per heavy atom. The summed E-state index contributed by atoms with van der Waals surface area (Å²) in [5, 5.41) is 22.9. The average molecular weight is 418 g/mol. The predicted molar refractivity (Wildman–Crippen MR) is 122 cm³/mol. The topological polar surface area (TPSA) is 87.4 Å². The molecule has 0 saturated heterocycles. The van der Waals surface area contributed by atoms with Gasteiger partial charge in [-0.2, -0.15) is 5.26 Å². The molecule has 1 aromatic heterocycles. The first-order valence-corrected chi connectivity index (χ1v) is 10.3. The van der Waals surface area contributed by atoms with Crippen molar-refractivity contribution in [1.82, 2.24) is 4.98 Å². The highest BCUT2D eigenvalue weighted by atomic mass is 16.5. The molecule has 0 fully saturated rings. The van der Waals surface area contributed by atoms with Gasteiger partial charge in [-0.15, -0.1) is 0 Å². The molecule has 0 atom stereocenters. The van der Waals surface area contributed by atoms with Crippen LogP contribution in [0.2, 0.25) is 0 Å². The van der Waals surface area contributed by atoms with Crippen molar-refractivity contribution in [2.45, 2.75) is 26.4 Å². The molecule has 0 unspecified atom stereocenters. The van der Waals surface area contributed by atoms with E-state index in [2.05, 4.69) is 11.4 Å². The highest BCUT2D eigenvalue weighted by Crippen LogP contribution is 2.35. The molecule has 160 valence electrons. The SMILES string of the molecule is COc1ccc(O)c(-c2cc(-c3ccc(C#N)cc3)cc(NCCCOC(C)C)n2)c1. The van der Waals surface area contributed by atoms with Gasteiger partial charge in [-0.25, -0.2) is 4.98 Å². The number of pyridine rings is 1. The fraction of sp³-hybridized carbons (Fsp3) is 0.280. The number of anilines is 1. The maximum Gasteiger partial charge on any atom is 0.127 e. The molecule has 0 saturated carbocycles. The van der Waals surface area contributed by atoms with Gasteiger partial charge in [-0.1, -0.05) is 12.1 Å². The van der Waals surface area contributed by atoms with Crippen molar-refractivity contribution in [1.29, 1.82) is 5.26 Å². The number of aromatic nitrogens is 1. The van der Waals surface area contributed by atoms with Gasteiger partial charge in [0.25, 0.3) is 0 Å². The van der Waals surface area contributed by atoms with Gasteiger partial charge in [-0.3, -0.25) is 0 Å². The minimum atomic E-state index is 0.126. The standard InChI is InChI=1S/C25H27N3O3/c1-17(2)31-12-4-11-27-25-14-20(19-7-5-18(16-26)6-8-19)13-23(28-25)22-15-21(30-3)9-10-24(22)29/h5-10,13-15,17,29H,4,11-12H2,1-3H3,(H,27,28). The molecule has 0 bridgehead atoms. The van der Waals surface area contributed by atoms with Gasteiger partial charge in [0.1, 0.15) is 17.3 Å². The van der Waals surface area contributed by atoms with Gasteiger partial charge in [0.2, 0.25) is 0 Å². The van der Waals surface area contributed by atoms with E-state index in [1.165, 1.54) is 0 Å². The number of aromatic hydroxyl groups is 1. The van der Waals surface area contributed by atoms with Crippen LogP contribution < -0.4 is 10.1 Å². The lowest BCUT2D eigenvalue weighted by molar-refractivity contribution is 0.0787. The van der Waals surface area contributed by atoms with E-state index in [1.54, 1.807) is 37.4 Å². The van der Waals surface area contributed by atoms with Crippen LogP contribution in [0.25, 0.3) is 22.4 Å². The summed E-state index contributed by atoms with van der Waals surface area (Å²) in [6, 6.07) is 18.5. The minimum Gasteiger partial charge on any atom is -0.507 e. The molecule has 2 N–H and O–H groups in total. The maximum absolute atomic E-state index is 10.4. The number of rotatable bonds is 9. The molecular formula is C25H27N3O3. The van der Waals surface area contributed by atoms with Crippen molar-refractivity contribution in [3.63, 3.8) is 0 Å². The van der Waals surface area contributed by atoms with Crippen LogP contribution in [0.4, 0.5) is 5.82 Å². The van der Waals surface area contributed by atoms with Gasteiger partial charge in [0, 0.05) is 18.7 Å². The molecule has 2 aromatic carbocycles. The number of nitriles is 1. The van der Waals surface area contributed by atoms with Gasteiger partial charge < -0.3 is 19.9 Å². The molecule has 6 nitrogen and oxygen atoms in total. The molecule has 0 aliphatic heterocycles. The van der Waals surface area contributed by atoms with E-state index < -0.39 is 0 Å². The van der Waals surface area contributed by atoms with Crippen LogP contribution in [-0.4, -0.2) is 36.5 Å². The average Bonchev–Trinajstić information content (AvgIpc) is 2.79. The number of methoxy groups -OCH3 is 1. The Labute approximate surface area is 183 Å². The number of hydrogen-bond acceptors (Lipinski definition) is 6. The molecule has 0 amide bonds. The largest absolute Gasteiger partial charge is 0.507 e. The summed E-state index contributed by atoms with van der Waals surface area (Å²) in [4.78, 5) is 4.71. The first-order valence-electron chi connectivity index (χ1n) is 10.3. The fourth-order valence-electron chi connectivity index (χ4n) is 3.12. The van der Waals surface area contributed by atoms with Gasteiger partial charge in [-0.05, 0) is 73.9 Å². The number of phenolic OH excluding ortho intramolecular Hbond substituents is 1. The molecular weight excluding hydrogens is 390 g/mol. The van der Waals surface area contributed by atoms with Crippen LogP contribution in [0.3, 0.4) is 0 Å². The molecule has 0 aliphatic carbocycles. The molecule has 1 heterocycles. The van der Waals surface area contributed by atoms with Crippen LogP contribution in [0.5, 0.6) is 11.5 Å². The molecule has 0 radical (unpaired) electrons. The van der Waals surface area contributed by atoms with E-state index in [0.29, 0.717) is 41.5 Å². The molecule has 31 heavy (non-hydrogen) atoms. The highest BCUT2D eigenvalue weighted by molar-refractivity contribution is 5.77.